The number of pyridine rings is 1. The Hall–Kier alpha value is -1.26. The average molecular weight is 234 g/mol. The van der Waals surface area contributed by atoms with Gasteiger partial charge in [0.2, 0.25) is 0 Å². The Morgan fingerprint density at radius 1 is 1.44 bits per heavy atom. The summed E-state index contributed by atoms with van der Waals surface area (Å²) >= 11 is 1.59. The normalized spacial score (nSPS) is 12.7. The SMILES string of the molecule is Cc1occc1Sc1ncccc1C(C)N. The summed E-state index contributed by atoms with van der Waals surface area (Å²) in [5.41, 5.74) is 6.97. The van der Waals surface area contributed by atoms with Crippen LogP contribution in [0.25, 0.3) is 0 Å². The van der Waals surface area contributed by atoms with Crippen molar-refractivity contribution in [2.24, 2.45) is 5.73 Å². The smallest absolute Gasteiger partial charge is 0.114 e. The summed E-state index contributed by atoms with van der Waals surface area (Å²) < 4.78 is 5.26. The Morgan fingerprint density at radius 2 is 2.25 bits per heavy atom. The fourth-order valence-electron chi connectivity index (χ4n) is 1.42. The summed E-state index contributed by atoms with van der Waals surface area (Å²) in [6.45, 7) is 3.90. The highest BCUT2D eigenvalue weighted by atomic mass is 32.2. The highest BCUT2D eigenvalue weighted by molar-refractivity contribution is 7.99. The maximum absolute atomic E-state index is 5.90. The molecule has 0 aliphatic rings. The molecule has 0 saturated heterocycles. The van der Waals surface area contributed by atoms with Gasteiger partial charge in [-0.3, -0.25) is 0 Å². The van der Waals surface area contributed by atoms with Gasteiger partial charge in [-0.05, 0) is 26.0 Å². The Balaban J connectivity index is 2.31. The molecule has 0 aromatic carbocycles. The third-order valence-corrected chi connectivity index (χ3v) is 3.49. The molecule has 2 N–H and O–H groups in total. The standard InChI is InChI=1S/C12H14N2OS/c1-8(13)10-4-3-6-14-12(10)16-11-5-7-15-9(11)2/h3-8H,13H2,1-2H3. The lowest BCUT2D eigenvalue weighted by atomic mass is 10.2. The van der Waals surface area contributed by atoms with Crippen molar-refractivity contribution in [1.29, 1.82) is 0 Å². The molecule has 1 atom stereocenters. The van der Waals surface area contributed by atoms with Crippen LogP contribution in [0.4, 0.5) is 0 Å². The minimum absolute atomic E-state index is 0.0107. The number of hydrogen-bond donors (Lipinski definition) is 1. The first-order valence-electron chi connectivity index (χ1n) is 5.11. The van der Waals surface area contributed by atoms with E-state index in [9.17, 15) is 0 Å². The van der Waals surface area contributed by atoms with Crippen LogP contribution in [0.5, 0.6) is 0 Å². The van der Waals surface area contributed by atoms with Crippen LogP contribution in [-0.4, -0.2) is 4.98 Å². The number of hydrogen-bond acceptors (Lipinski definition) is 4. The lowest BCUT2D eigenvalue weighted by Crippen LogP contribution is -2.07. The number of furan rings is 1. The number of aryl methyl sites for hydroxylation is 1. The van der Waals surface area contributed by atoms with Crippen molar-refractivity contribution >= 4 is 11.8 Å². The summed E-state index contributed by atoms with van der Waals surface area (Å²) in [5, 5.41) is 0.946. The highest BCUT2D eigenvalue weighted by Gasteiger charge is 2.11. The second-order valence-electron chi connectivity index (χ2n) is 3.63. The van der Waals surface area contributed by atoms with Gasteiger partial charge in [0.15, 0.2) is 0 Å². The maximum Gasteiger partial charge on any atom is 0.114 e. The van der Waals surface area contributed by atoms with Gasteiger partial charge in [-0.15, -0.1) is 0 Å². The molecule has 2 rings (SSSR count). The molecule has 2 aromatic heterocycles. The van der Waals surface area contributed by atoms with E-state index in [0.29, 0.717) is 0 Å². The van der Waals surface area contributed by atoms with E-state index in [1.807, 2.05) is 32.0 Å². The highest BCUT2D eigenvalue weighted by Crippen LogP contribution is 2.33. The van der Waals surface area contributed by atoms with Gasteiger partial charge in [0.1, 0.15) is 10.8 Å². The average Bonchev–Trinajstić information content (AvgIpc) is 2.65. The van der Waals surface area contributed by atoms with Crippen molar-refractivity contribution in [2.75, 3.05) is 0 Å². The van der Waals surface area contributed by atoms with E-state index in [4.69, 9.17) is 10.2 Å². The van der Waals surface area contributed by atoms with Gasteiger partial charge in [-0.25, -0.2) is 4.98 Å². The van der Waals surface area contributed by atoms with E-state index in [0.717, 1.165) is 21.2 Å². The second-order valence-corrected chi connectivity index (χ2v) is 4.66. The van der Waals surface area contributed by atoms with Crippen molar-refractivity contribution in [3.63, 3.8) is 0 Å². The topological polar surface area (TPSA) is 52.0 Å². The molecule has 1 unspecified atom stereocenters. The van der Waals surface area contributed by atoms with Crippen LogP contribution in [0.15, 0.2) is 45.0 Å². The summed E-state index contributed by atoms with van der Waals surface area (Å²) in [6.07, 6.45) is 3.47. The van der Waals surface area contributed by atoms with Crippen LogP contribution < -0.4 is 5.73 Å². The minimum atomic E-state index is -0.0107. The zero-order chi connectivity index (χ0) is 11.5. The van der Waals surface area contributed by atoms with Gasteiger partial charge in [0, 0.05) is 17.8 Å². The quantitative estimate of drug-likeness (QED) is 0.886. The molecule has 16 heavy (non-hydrogen) atoms. The summed E-state index contributed by atoms with van der Waals surface area (Å²) in [6, 6.07) is 5.85. The van der Waals surface area contributed by atoms with E-state index in [2.05, 4.69) is 4.98 Å². The van der Waals surface area contributed by atoms with Gasteiger partial charge in [-0.2, -0.15) is 0 Å². The van der Waals surface area contributed by atoms with Crippen molar-refractivity contribution in [2.45, 2.75) is 29.8 Å². The van der Waals surface area contributed by atoms with Crippen molar-refractivity contribution < 1.29 is 4.42 Å². The zero-order valence-electron chi connectivity index (χ0n) is 9.31. The number of aromatic nitrogens is 1. The van der Waals surface area contributed by atoms with Crippen molar-refractivity contribution in [3.8, 4) is 0 Å². The molecule has 0 saturated carbocycles. The molecule has 0 aliphatic heterocycles. The van der Waals surface area contributed by atoms with Gasteiger partial charge < -0.3 is 10.2 Å². The maximum atomic E-state index is 5.90. The Labute approximate surface area is 99.1 Å². The van der Waals surface area contributed by atoms with E-state index in [-0.39, 0.29) is 6.04 Å². The predicted octanol–water partition coefficient (Wildman–Crippen LogP) is 3.15. The summed E-state index contributed by atoms with van der Waals surface area (Å²) in [4.78, 5) is 5.44. The van der Waals surface area contributed by atoms with Gasteiger partial charge in [0.05, 0.1) is 11.2 Å². The van der Waals surface area contributed by atoms with Crippen LogP contribution in [0.1, 0.15) is 24.3 Å². The van der Waals surface area contributed by atoms with E-state index in [1.165, 1.54) is 0 Å². The number of nitrogens with zero attached hydrogens (tertiary/aromatic N) is 1. The number of rotatable bonds is 3. The van der Waals surface area contributed by atoms with Crippen molar-refractivity contribution in [1.82, 2.24) is 4.98 Å². The van der Waals surface area contributed by atoms with E-state index < -0.39 is 0 Å². The van der Waals surface area contributed by atoms with E-state index in [1.54, 1.807) is 24.2 Å². The first-order valence-corrected chi connectivity index (χ1v) is 5.92. The zero-order valence-corrected chi connectivity index (χ0v) is 10.1. The molecule has 0 bridgehead atoms. The molecule has 3 nitrogen and oxygen atoms in total. The number of nitrogens with two attached hydrogens (primary N) is 1. The third-order valence-electron chi connectivity index (χ3n) is 2.31. The van der Waals surface area contributed by atoms with Gasteiger partial charge in [0.25, 0.3) is 0 Å². The van der Waals surface area contributed by atoms with Crippen LogP contribution >= 0.6 is 11.8 Å². The summed E-state index contributed by atoms with van der Waals surface area (Å²) in [7, 11) is 0. The fraction of sp³-hybridized carbons (Fsp3) is 0.250. The van der Waals surface area contributed by atoms with Gasteiger partial charge >= 0.3 is 0 Å². The summed E-state index contributed by atoms with van der Waals surface area (Å²) in [5.74, 6) is 0.909. The first-order chi connectivity index (χ1) is 7.68. The minimum Gasteiger partial charge on any atom is -0.468 e. The largest absolute Gasteiger partial charge is 0.468 e. The Bertz CT molecular complexity index is 479. The lowest BCUT2D eigenvalue weighted by Gasteiger charge is -2.10. The molecule has 4 heteroatoms. The molecule has 0 fully saturated rings. The van der Waals surface area contributed by atoms with Crippen LogP contribution in [0.3, 0.4) is 0 Å². The molecule has 0 radical (unpaired) electrons. The molecule has 0 aliphatic carbocycles. The van der Waals surface area contributed by atoms with E-state index >= 15 is 0 Å². The molecular weight excluding hydrogens is 220 g/mol. The van der Waals surface area contributed by atoms with Crippen LogP contribution in [0.2, 0.25) is 0 Å². The predicted molar refractivity (Wildman–Crippen MR) is 64.4 cm³/mol. The van der Waals surface area contributed by atoms with Crippen LogP contribution in [0, 0.1) is 6.92 Å². The second kappa shape index (κ2) is 4.72. The molecule has 0 amide bonds. The van der Waals surface area contributed by atoms with Crippen LogP contribution in [-0.2, 0) is 0 Å². The molecule has 0 spiro atoms. The Kier molecular flexibility index (Phi) is 3.31. The molecular formula is C12H14N2OS. The van der Waals surface area contributed by atoms with Gasteiger partial charge in [-0.1, -0.05) is 17.8 Å². The third kappa shape index (κ3) is 2.28. The molecule has 2 heterocycles. The van der Waals surface area contributed by atoms with Crippen molar-refractivity contribution in [3.05, 3.63) is 42.0 Å². The first kappa shape index (κ1) is 11.2. The fourth-order valence-corrected chi connectivity index (χ4v) is 2.43. The lowest BCUT2D eigenvalue weighted by molar-refractivity contribution is 0.527. The Morgan fingerprint density at radius 3 is 2.88 bits per heavy atom. The molecule has 2 aromatic rings. The monoisotopic (exact) mass is 234 g/mol. The molecule has 84 valence electrons.